The van der Waals surface area contributed by atoms with Crippen molar-refractivity contribution < 1.29 is 9.90 Å². The molecule has 23 heavy (non-hydrogen) atoms. The van der Waals surface area contributed by atoms with Gasteiger partial charge in [0.05, 0.1) is 11.4 Å². The van der Waals surface area contributed by atoms with Crippen molar-refractivity contribution in [3.8, 4) is 0 Å². The lowest BCUT2D eigenvalue weighted by Gasteiger charge is -2.29. The number of aromatic amines is 1. The zero-order valence-corrected chi connectivity index (χ0v) is 13.3. The second kappa shape index (κ2) is 4.78. The molecule has 2 N–H and O–H groups in total. The van der Waals surface area contributed by atoms with E-state index >= 15 is 0 Å². The van der Waals surface area contributed by atoms with E-state index in [0.29, 0.717) is 17.4 Å². The van der Waals surface area contributed by atoms with Crippen molar-refractivity contribution in [1.29, 1.82) is 0 Å². The number of carboxylic acids is 1. The Kier molecular flexibility index (Phi) is 2.95. The molecule has 0 unspecified atom stereocenters. The minimum Gasteiger partial charge on any atom is -0.478 e. The lowest BCUT2D eigenvalue weighted by Crippen LogP contribution is -2.22. The summed E-state index contributed by atoms with van der Waals surface area (Å²) >= 11 is 0. The number of carbonyl (C=O) groups is 1. The predicted molar refractivity (Wildman–Crippen MR) is 88.2 cm³/mol. The van der Waals surface area contributed by atoms with Gasteiger partial charge in [-0.2, -0.15) is 5.10 Å². The average molecular weight is 309 g/mol. The Hall–Kier alpha value is -2.43. The Labute approximate surface area is 134 Å². The molecule has 3 aliphatic rings. The van der Waals surface area contributed by atoms with Crippen molar-refractivity contribution in [3.63, 3.8) is 0 Å². The predicted octanol–water partition coefficient (Wildman–Crippen LogP) is 3.06. The van der Waals surface area contributed by atoms with Crippen LogP contribution in [0.5, 0.6) is 0 Å². The average Bonchev–Trinajstić information content (AvgIpc) is 3.07. The van der Waals surface area contributed by atoms with Crippen molar-refractivity contribution in [2.45, 2.75) is 39.5 Å². The number of allylic oxidation sites excluding steroid dienone is 4. The van der Waals surface area contributed by atoms with E-state index in [1.54, 1.807) is 6.08 Å². The second-order valence-electron chi connectivity index (χ2n) is 7.25. The number of aliphatic imine (C=N–C) groups is 1. The van der Waals surface area contributed by atoms with Gasteiger partial charge in [-0.1, -0.05) is 26.0 Å². The number of aromatic nitrogens is 2. The number of nitrogens with one attached hydrogen (secondary N) is 1. The largest absolute Gasteiger partial charge is 0.478 e. The molecule has 0 radical (unpaired) electrons. The number of hydrogen-bond acceptors (Lipinski definition) is 3. The molecule has 0 fully saturated rings. The van der Waals surface area contributed by atoms with E-state index in [2.05, 4.69) is 29.0 Å². The van der Waals surface area contributed by atoms with Crippen LogP contribution >= 0.6 is 0 Å². The highest BCUT2D eigenvalue weighted by Gasteiger charge is 2.31. The van der Waals surface area contributed by atoms with E-state index in [0.717, 1.165) is 41.9 Å². The highest BCUT2D eigenvalue weighted by atomic mass is 16.4. The Morgan fingerprint density at radius 2 is 2.17 bits per heavy atom. The van der Waals surface area contributed by atoms with Crippen molar-refractivity contribution in [1.82, 2.24) is 10.2 Å². The summed E-state index contributed by atoms with van der Waals surface area (Å²) in [5, 5.41) is 16.8. The van der Waals surface area contributed by atoms with Gasteiger partial charge in [0.1, 0.15) is 5.69 Å². The number of nitrogens with zero attached hydrogens (tertiary/aromatic N) is 2. The normalized spacial score (nSPS) is 21.7. The fourth-order valence-electron chi connectivity index (χ4n) is 3.52. The first-order chi connectivity index (χ1) is 10.9. The minimum absolute atomic E-state index is 0.309. The monoisotopic (exact) mass is 309 g/mol. The van der Waals surface area contributed by atoms with Crippen LogP contribution in [-0.4, -0.2) is 27.0 Å². The van der Waals surface area contributed by atoms with E-state index in [4.69, 9.17) is 5.11 Å². The molecule has 1 aromatic heterocycles. The molecule has 1 aromatic rings. The minimum atomic E-state index is -0.879. The van der Waals surface area contributed by atoms with E-state index in [9.17, 15) is 4.79 Å². The van der Waals surface area contributed by atoms with Gasteiger partial charge in [-0.05, 0) is 36.3 Å². The van der Waals surface area contributed by atoms with Crippen LogP contribution in [0, 0.1) is 5.41 Å². The Morgan fingerprint density at radius 3 is 2.96 bits per heavy atom. The molecule has 5 nitrogen and oxygen atoms in total. The number of H-pyrrole nitrogens is 1. The molecule has 0 amide bonds. The van der Waals surface area contributed by atoms with E-state index < -0.39 is 5.97 Å². The summed E-state index contributed by atoms with van der Waals surface area (Å²) in [5.74, 6) is -0.879. The smallest absolute Gasteiger partial charge is 0.331 e. The fourth-order valence-corrected chi connectivity index (χ4v) is 3.52. The summed E-state index contributed by atoms with van der Waals surface area (Å²) in [6, 6.07) is 0. The van der Waals surface area contributed by atoms with Crippen molar-refractivity contribution in [2.24, 2.45) is 10.4 Å². The molecule has 2 aliphatic carbocycles. The van der Waals surface area contributed by atoms with E-state index in [1.165, 1.54) is 11.3 Å². The fraction of sp³-hybridized carbons (Fsp3) is 0.389. The number of aliphatic carboxylic acids is 1. The van der Waals surface area contributed by atoms with E-state index in [-0.39, 0.29) is 0 Å². The summed E-state index contributed by atoms with van der Waals surface area (Å²) in [4.78, 5) is 15.8. The third-order valence-corrected chi connectivity index (χ3v) is 4.88. The molecule has 0 saturated heterocycles. The Bertz CT molecular complexity index is 834. The molecule has 2 heterocycles. The van der Waals surface area contributed by atoms with Crippen LogP contribution in [0.4, 0.5) is 0 Å². The summed E-state index contributed by atoms with van der Waals surface area (Å²) in [6.45, 7) is 4.56. The molecular formula is C18H19N3O2. The van der Waals surface area contributed by atoms with Crippen LogP contribution in [0.15, 0.2) is 34.4 Å². The van der Waals surface area contributed by atoms with Crippen LogP contribution < -0.4 is 0 Å². The maximum atomic E-state index is 11.1. The van der Waals surface area contributed by atoms with Crippen molar-refractivity contribution in [3.05, 3.63) is 46.3 Å². The summed E-state index contributed by atoms with van der Waals surface area (Å²) < 4.78 is 0. The SMILES string of the molecule is CC1(C)CCc2c(C3=CC4=CC=C(C(=O)O)CC4=N3)n[nH]c2C1. The number of hydrogen-bond donors (Lipinski definition) is 2. The first kappa shape index (κ1) is 14.2. The third kappa shape index (κ3) is 2.36. The topological polar surface area (TPSA) is 78.3 Å². The first-order valence-corrected chi connectivity index (χ1v) is 7.93. The maximum absolute atomic E-state index is 11.1. The molecule has 4 rings (SSSR count). The van der Waals surface area contributed by atoms with Crippen LogP contribution in [0.1, 0.15) is 43.6 Å². The Balaban J connectivity index is 1.66. The highest BCUT2D eigenvalue weighted by Crippen LogP contribution is 2.38. The molecule has 0 bridgehead atoms. The number of rotatable bonds is 2. The van der Waals surface area contributed by atoms with Crippen LogP contribution in [0.3, 0.4) is 0 Å². The molecule has 1 aliphatic heterocycles. The number of carboxylic acid groups (broad SMARTS) is 1. The summed E-state index contributed by atoms with van der Waals surface area (Å²) in [5.41, 5.74) is 6.78. The molecular weight excluding hydrogens is 290 g/mol. The van der Waals surface area contributed by atoms with Gasteiger partial charge in [0.2, 0.25) is 0 Å². The third-order valence-electron chi connectivity index (χ3n) is 4.88. The summed E-state index contributed by atoms with van der Waals surface area (Å²) in [6.07, 6.45) is 9.05. The van der Waals surface area contributed by atoms with Gasteiger partial charge in [-0.3, -0.25) is 10.1 Å². The van der Waals surface area contributed by atoms with E-state index in [1.807, 2.05) is 12.2 Å². The second-order valence-corrected chi connectivity index (χ2v) is 7.25. The number of fused-ring (bicyclic) bond motifs is 2. The Morgan fingerprint density at radius 1 is 1.35 bits per heavy atom. The quantitative estimate of drug-likeness (QED) is 0.881. The van der Waals surface area contributed by atoms with Gasteiger partial charge in [-0.25, -0.2) is 4.79 Å². The van der Waals surface area contributed by atoms with Crippen molar-refractivity contribution >= 4 is 17.4 Å². The molecule has 0 atom stereocenters. The zero-order chi connectivity index (χ0) is 16.2. The zero-order valence-electron chi connectivity index (χ0n) is 13.3. The molecule has 0 saturated carbocycles. The highest BCUT2D eigenvalue weighted by molar-refractivity contribution is 6.15. The van der Waals surface area contributed by atoms with Gasteiger partial charge in [-0.15, -0.1) is 0 Å². The van der Waals surface area contributed by atoms with Gasteiger partial charge < -0.3 is 5.11 Å². The van der Waals surface area contributed by atoms with Crippen LogP contribution in [0.2, 0.25) is 0 Å². The van der Waals surface area contributed by atoms with Crippen LogP contribution in [0.25, 0.3) is 5.70 Å². The first-order valence-electron chi connectivity index (χ1n) is 7.93. The lowest BCUT2D eigenvalue weighted by atomic mass is 9.76. The molecule has 0 spiro atoms. The molecule has 118 valence electrons. The van der Waals surface area contributed by atoms with Gasteiger partial charge in [0, 0.05) is 23.3 Å². The molecule has 5 heteroatoms. The standard InChI is InChI=1S/C18H19N3O2/c1-18(2)6-5-12-15(9-18)20-21-16(12)14-7-10-3-4-11(17(22)23)8-13(10)19-14/h3-4,7H,5-6,8-9H2,1-2H3,(H,20,21)(H,22,23). The van der Waals surface area contributed by atoms with Gasteiger partial charge in [0.25, 0.3) is 0 Å². The molecule has 0 aromatic carbocycles. The summed E-state index contributed by atoms with van der Waals surface area (Å²) in [7, 11) is 0. The van der Waals surface area contributed by atoms with Crippen LogP contribution in [-0.2, 0) is 17.6 Å². The lowest BCUT2D eigenvalue weighted by molar-refractivity contribution is -0.132. The maximum Gasteiger partial charge on any atom is 0.331 e. The van der Waals surface area contributed by atoms with Gasteiger partial charge >= 0.3 is 5.97 Å². The van der Waals surface area contributed by atoms with Crippen molar-refractivity contribution in [2.75, 3.05) is 0 Å². The van der Waals surface area contributed by atoms with Gasteiger partial charge in [0.15, 0.2) is 0 Å².